The van der Waals surface area contributed by atoms with E-state index in [0.29, 0.717) is 0 Å². The van der Waals surface area contributed by atoms with E-state index in [-0.39, 0.29) is 17.9 Å². The van der Waals surface area contributed by atoms with Crippen molar-refractivity contribution in [3.8, 4) is 0 Å². The maximum Gasteiger partial charge on any atom is 0.245 e. The summed E-state index contributed by atoms with van der Waals surface area (Å²) < 4.78 is 0. The van der Waals surface area contributed by atoms with Crippen LogP contribution in [-0.2, 0) is 16.0 Å². The number of likely N-dealkylation sites (tertiary alicyclic amines) is 1. The number of hydrogen-bond acceptors (Lipinski definition) is 2. The van der Waals surface area contributed by atoms with Crippen LogP contribution in [0.5, 0.6) is 0 Å². The van der Waals surface area contributed by atoms with E-state index in [1.807, 2.05) is 23.1 Å². The molecule has 1 heterocycles. The number of nitrogens with one attached hydrogen (secondary N) is 1. The molecule has 0 spiro atoms. The number of hydrogen-bond donors (Lipinski definition) is 1. The van der Waals surface area contributed by atoms with E-state index in [2.05, 4.69) is 17.4 Å². The summed E-state index contributed by atoms with van der Waals surface area (Å²) in [5, 5.41) is 2.67. The van der Waals surface area contributed by atoms with E-state index in [4.69, 9.17) is 0 Å². The van der Waals surface area contributed by atoms with E-state index >= 15 is 0 Å². The molecule has 0 aliphatic carbocycles. The quantitative estimate of drug-likeness (QED) is 0.909. The Labute approximate surface area is 120 Å². The zero-order chi connectivity index (χ0) is 14.5. The van der Waals surface area contributed by atoms with E-state index in [9.17, 15) is 9.59 Å². The predicted molar refractivity (Wildman–Crippen MR) is 78.2 cm³/mol. The van der Waals surface area contributed by atoms with Crippen molar-refractivity contribution >= 4 is 11.8 Å². The molecule has 1 aliphatic heterocycles. The van der Waals surface area contributed by atoms with E-state index in [1.54, 1.807) is 6.92 Å². The number of carbonyl (C=O) groups excluding carboxylic acids is 2. The molecule has 0 aromatic heterocycles. The van der Waals surface area contributed by atoms with Crippen LogP contribution in [0.4, 0.5) is 0 Å². The molecule has 4 heteroatoms. The SMILES string of the molecule is CC(=O)NC(C)C(=O)N1CCCC1Cc1ccccc1. The number of amides is 2. The Balaban J connectivity index is 2.00. The predicted octanol–water partition coefficient (Wildman–Crippen LogP) is 1.74. The third-order valence-corrected chi connectivity index (χ3v) is 3.76. The van der Waals surface area contributed by atoms with Gasteiger partial charge in [-0.2, -0.15) is 0 Å². The second-order valence-corrected chi connectivity index (χ2v) is 5.44. The van der Waals surface area contributed by atoms with Gasteiger partial charge in [0.15, 0.2) is 0 Å². The van der Waals surface area contributed by atoms with Gasteiger partial charge in [-0.3, -0.25) is 9.59 Å². The van der Waals surface area contributed by atoms with Crippen LogP contribution in [0.1, 0.15) is 32.3 Å². The lowest BCUT2D eigenvalue weighted by Gasteiger charge is -2.27. The zero-order valence-corrected chi connectivity index (χ0v) is 12.1. The Bertz CT molecular complexity index is 473. The molecule has 2 rings (SSSR count). The molecule has 1 fully saturated rings. The Morgan fingerprint density at radius 3 is 2.70 bits per heavy atom. The van der Waals surface area contributed by atoms with Crippen molar-refractivity contribution in [1.29, 1.82) is 0 Å². The van der Waals surface area contributed by atoms with Gasteiger partial charge in [0.2, 0.25) is 11.8 Å². The maximum absolute atomic E-state index is 12.4. The number of nitrogens with zero attached hydrogens (tertiary/aromatic N) is 1. The number of benzene rings is 1. The van der Waals surface area contributed by atoms with Gasteiger partial charge in [0.05, 0.1) is 0 Å². The van der Waals surface area contributed by atoms with Crippen LogP contribution < -0.4 is 5.32 Å². The summed E-state index contributed by atoms with van der Waals surface area (Å²) >= 11 is 0. The van der Waals surface area contributed by atoms with Gasteiger partial charge in [0.25, 0.3) is 0 Å². The molecular formula is C16H22N2O2. The van der Waals surface area contributed by atoms with E-state index in [1.165, 1.54) is 12.5 Å². The van der Waals surface area contributed by atoms with Crippen molar-refractivity contribution in [2.24, 2.45) is 0 Å². The summed E-state index contributed by atoms with van der Waals surface area (Å²) in [4.78, 5) is 25.4. The highest BCUT2D eigenvalue weighted by Crippen LogP contribution is 2.22. The van der Waals surface area contributed by atoms with Gasteiger partial charge in [-0.15, -0.1) is 0 Å². The number of rotatable bonds is 4. The second kappa shape index (κ2) is 6.55. The average molecular weight is 274 g/mol. The van der Waals surface area contributed by atoms with Crippen molar-refractivity contribution in [1.82, 2.24) is 10.2 Å². The van der Waals surface area contributed by atoms with E-state index < -0.39 is 6.04 Å². The van der Waals surface area contributed by atoms with E-state index in [0.717, 1.165) is 25.8 Å². The van der Waals surface area contributed by atoms with Gasteiger partial charge in [-0.25, -0.2) is 0 Å². The highest BCUT2D eigenvalue weighted by molar-refractivity contribution is 5.86. The first kappa shape index (κ1) is 14.6. The average Bonchev–Trinajstić information content (AvgIpc) is 2.86. The first-order valence-electron chi connectivity index (χ1n) is 7.19. The van der Waals surface area contributed by atoms with Gasteiger partial charge in [0, 0.05) is 19.5 Å². The summed E-state index contributed by atoms with van der Waals surface area (Å²) in [5.41, 5.74) is 1.25. The van der Waals surface area contributed by atoms with Crippen LogP contribution in [0.25, 0.3) is 0 Å². The molecule has 1 aromatic rings. The summed E-state index contributed by atoms with van der Waals surface area (Å²) in [5.74, 6) is -0.136. The number of carbonyl (C=O) groups is 2. The fourth-order valence-electron chi connectivity index (χ4n) is 2.84. The first-order valence-corrected chi connectivity index (χ1v) is 7.19. The van der Waals surface area contributed by atoms with Crippen LogP contribution >= 0.6 is 0 Å². The zero-order valence-electron chi connectivity index (χ0n) is 12.1. The minimum absolute atomic E-state index is 0.0265. The summed E-state index contributed by atoms with van der Waals surface area (Å²) in [7, 11) is 0. The minimum Gasteiger partial charge on any atom is -0.345 e. The lowest BCUT2D eigenvalue weighted by Crippen LogP contribution is -2.48. The van der Waals surface area contributed by atoms with Gasteiger partial charge >= 0.3 is 0 Å². The fourth-order valence-corrected chi connectivity index (χ4v) is 2.84. The lowest BCUT2D eigenvalue weighted by molar-refractivity contribution is -0.136. The molecule has 0 saturated carbocycles. The Morgan fingerprint density at radius 1 is 1.35 bits per heavy atom. The molecule has 1 aliphatic rings. The standard InChI is InChI=1S/C16H22N2O2/c1-12(17-13(2)19)16(20)18-10-6-9-15(18)11-14-7-4-3-5-8-14/h3-5,7-8,12,15H,6,9-11H2,1-2H3,(H,17,19). The molecule has 108 valence electrons. The van der Waals surface area contributed by atoms with Crippen molar-refractivity contribution in [2.75, 3.05) is 6.54 Å². The monoisotopic (exact) mass is 274 g/mol. The van der Waals surface area contributed by atoms with Crippen LogP contribution in [0, 0.1) is 0 Å². The molecular weight excluding hydrogens is 252 g/mol. The Hall–Kier alpha value is -1.84. The molecule has 1 aromatic carbocycles. The summed E-state index contributed by atoms with van der Waals surface area (Å²) in [6.45, 7) is 3.98. The Morgan fingerprint density at radius 2 is 2.05 bits per heavy atom. The minimum atomic E-state index is -0.441. The highest BCUT2D eigenvalue weighted by atomic mass is 16.2. The van der Waals surface area contributed by atoms with Gasteiger partial charge in [-0.05, 0) is 31.7 Å². The van der Waals surface area contributed by atoms with Gasteiger partial charge < -0.3 is 10.2 Å². The molecule has 0 bridgehead atoms. The van der Waals surface area contributed by atoms with Crippen molar-refractivity contribution in [2.45, 2.75) is 45.2 Å². The highest BCUT2D eigenvalue weighted by Gasteiger charge is 2.31. The van der Waals surface area contributed by atoms with Gasteiger partial charge in [-0.1, -0.05) is 30.3 Å². The molecule has 2 amide bonds. The third kappa shape index (κ3) is 3.59. The van der Waals surface area contributed by atoms with Crippen LogP contribution in [-0.4, -0.2) is 35.3 Å². The summed E-state index contributed by atoms with van der Waals surface area (Å²) in [6.07, 6.45) is 2.96. The molecule has 1 N–H and O–H groups in total. The van der Waals surface area contributed by atoms with Crippen LogP contribution in [0.15, 0.2) is 30.3 Å². The molecule has 20 heavy (non-hydrogen) atoms. The molecule has 0 radical (unpaired) electrons. The summed E-state index contributed by atoms with van der Waals surface area (Å²) in [6, 6.07) is 10.0. The van der Waals surface area contributed by atoms with Crippen molar-refractivity contribution in [3.05, 3.63) is 35.9 Å². The largest absolute Gasteiger partial charge is 0.345 e. The van der Waals surface area contributed by atoms with Gasteiger partial charge in [0.1, 0.15) is 6.04 Å². The molecule has 2 atom stereocenters. The molecule has 1 saturated heterocycles. The lowest BCUT2D eigenvalue weighted by atomic mass is 10.0. The maximum atomic E-state index is 12.4. The molecule has 4 nitrogen and oxygen atoms in total. The third-order valence-electron chi connectivity index (χ3n) is 3.76. The van der Waals surface area contributed by atoms with Crippen molar-refractivity contribution in [3.63, 3.8) is 0 Å². The topological polar surface area (TPSA) is 49.4 Å². The van der Waals surface area contributed by atoms with Crippen molar-refractivity contribution < 1.29 is 9.59 Å². The van der Waals surface area contributed by atoms with Crippen LogP contribution in [0.3, 0.4) is 0 Å². The normalized spacial score (nSPS) is 19.7. The first-order chi connectivity index (χ1) is 9.58. The smallest absolute Gasteiger partial charge is 0.245 e. The second-order valence-electron chi connectivity index (χ2n) is 5.44. The Kier molecular flexibility index (Phi) is 4.77. The fraction of sp³-hybridized carbons (Fsp3) is 0.500. The van der Waals surface area contributed by atoms with Crippen LogP contribution in [0.2, 0.25) is 0 Å². The molecule has 2 unspecified atom stereocenters.